The number of carbonyl (C=O) groups excluding carboxylic acids is 3. The van der Waals surface area contributed by atoms with Gasteiger partial charge in [-0.15, -0.1) is 0 Å². The molecule has 2 aromatic rings. The molecule has 2 saturated carbocycles. The monoisotopic (exact) mass is 398 g/mol. The molecule has 6 atom stereocenters. The number of allylic oxidation sites excluding steroid dienone is 2. The van der Waals surface area contributed by atoms with Crippen molar-refractivity contribution in [2.75, 3.05) is 10.2 Å². The van der Waals surface area contributed by atoms with Crippen molar-refractivity contribution in [1.29, 1.82) is 0 Å². The third kappa shape index (κ3) is 2.44. The van der Waals surface area contributed by atoms with Gasteiger partial charge < -0.3 is 5.32 Å². The molecule has 5 nitrogen and oxygen atoms in total. The fourth-order valence-electron chi connectivity index (χ4n) is 5.81. The summed E-state index contributed by atoms with van der Waals surface area (Å²) in [6.07, 6.45) is 5.50. The van der Waals surface area contributed by atoms with Crippen molar-refractivity contribution in [3.8, 4) is 0 Å². The van der Waals surface area contributed by atoms with Gasteiger partial charge in [-0.2, -0.15) is 0 Å². The average molecular weight is 398 g/mol. The molecule has 5 heteroatoms. The molecule has 2 aromatic carbocycles. The van der Waals surface area contributed by atoms with E-state index in [1.165, 1.54) is 4.90 Å². The van der Waals surface area contributed by atoms with Crippen LogP contribution in [0, 0.1) is 42.4 Å². The lowest BCUT2D eigenvalue weighted by Crippen LogP contribution is -2.40. The zero-order chi connectivity index (χ0) is 20.6. The van der Waals surface area contributed by atoms with Gasteiger partial charge >= 0.3 is 0 Å². The van der Waals surface area contributed by atoms with Gasteiger partial charge in [-0.3, -0.25) is 19.3 Å². The fraction of sp³-hybridized carbons (Fsp3) is 0.320. The van der Waals surface area contributed by atoms with Crippen molar-refractivity contribution < 1.29 is 14.4 Å². The van der Waals surface area contributed by atoms with Crippen LogP contribution in [0.4, 0.5) is 11.4 Å². The van der Waals surface area contributed by atoms with E-state index in [9.17, 15) is 14.4 Å². The number of anilines is 2. The van der Waals surface area contributed by atoms with E-state index in [0.29, 0.717) is 23.1 Å². The molecule has 0 radical (unpaired) electrons. The summed E-state index contributed by atoms with van der Waals surface area (Å²) in [6, 6.07) is 14.3. The Balaban J connectivity index is 1.23. The van der Waals surface area contributed by atoms with Crippen LogP contribution in [-0.4, -0.2) is 17.7 Å². The van der Waals surface area contributed by atoms with Gasteiger partial charge in [0.2, 0.25) is 11.8 Å². The van der Waals surface area contributed by atoms with Crippen molar-refractivity contribution in [1.82, 2.24) is 0 Å². The number of carbonyl (C=O) groups is 3. The summed E-state index contributed by atoms with van der Waals surface area (Å²) in [7, 11) is 0. The van der Waals surface area contributed by atoms with Crippen molar-refractivity contribution in [3.63, 3.8) is 0 Å². The summed E-state index contributed by atoms with van der Waals surface area (Å²) in [5, 5.41) is 2.87. The zero-order valence-electron chi connectivity index (χ0n) is 16.6. The number of hydrogen-bond acceptors (Lipinski definition) is 3. The van der Waals surface area contributed by atoms with E-state index in [4.69, 9.17) is 0 Å². The molecule has 30 heavy (non-hydrogen) atoms. The van der Waals surface area contributed by atoms with Gasteiger partial charge in [-0.1, -0.05) is 29.8 Å². The average Bonchev–Trinajstić information content (AvgIpc) is 3.53. The maximum Gasteiger partial charge on any atom is 0.255 e. The number of imide groups is 1. The summed E-state index contributed by atoms with van der Waals surface area (Å²) >= 11 is 0. The summed E-state index contributed by atoms with van der Waals surface area (Å²) in [5.41, 5.74) is 2.89. The van der Waals surface area contributed by atoms with Crippen molar-refractivity contribution >= 4 is 29.1 Å². The lowest BCUT2D eigenvalue weighted by molar-refractivity contribution is -0.124. The van der Waals surface area contributed by atoms with Crippen LogP contribution < -0.4 is 10.2 Å². The van der Waals surface area contributed by atoms with Gasteiger partial charge in [0.15, 0.2) is 0 Å². The molecule has 0 aromatic heterocycles. The van der Waals surface area contributed by atoms with Crippen LogP contribution in [-0.2, 0) is 9.59 Å². The number of nitrogens with one attached hydrogen (secondary N) is 1. The second kappa shape index (κ2) is 6.14. The largest absolute Gasteiger partial charge is 0.322 e. The molecule has 2 bridgehead atoms. The predicted molar refractivity (Wildman–Crippen MR) is 113 cm³/mol. The second-order valence-electron chi connectivity index (χ2n) is 9.03. The third-order valence-electron chi connectivity index (χ3n) is 7.36. The van der Waals surface area contributed by atoms with E-state index >= 15 is 0 Å². The SMILES string of the molecule is Cc1ccc(NC(=O)c2ccc(N3C(=O)[C@@H]4[C@H]5C=C[C@@H]([C@@H]6C[C@@H]56)[C@@H]4C3=O)cc2)cc1. The molecule has 0 spiro atoms. The van der Waals surface area contributed by atoms with Crippen molar-refractivity contribution in [3.05, 3.63) is 71.8 Å². The molecule has 1 heterocycles. The molecular formula is C25H22N2O3. The molecule has 1 aliphatic heterocycles. The highest BCUT2D eigenvalue weighted by Crippen LogP contribution is 2.65. The number of benzene rings is 2. The Morgan fingerprint density at radius 3 is 2.00 bits per heavy atom. The molecule has 5 aliphatic rings. The molecule has 7 rings (SSSR count). The van der Waals surface area contributed by atoms with E-state index in [-0.39, 0.29) is 41.4 Å². The smallest absolute Gasteiger partial charge is 0.255 e. The number of hydrogen-bond donors (Lipinski definition) is 1. The van der Waals surface area contributed by atoms with Gasteiger partial charge in [-0.05, 0) is 73.4 Å². The molecular weight excluding hydrogens is 376 g/mol. The van der Waals surface area contributed by atoms with Crippen LogP contribution in [0.25, 0.3) is 0 Å². The standard InChI is InChI=1S/C25H22N2O3/c1-13-2-6-15(7-3-13)26-23(28)14-4-8-16(9-5-14)27-24(29)21-17-10-11-18(20-12-19(17)20)22(21)25(27)30/h2-11,17-22H,12H2,1H3,(H,26,28)/t17-,18-,19-,20-,21-,22+/m0/s1. The van der Waals surface area contributed by atoms with E-state index in [1.807, 2.05) is 31.2 Å². The first-order valence-corrected chi connectivity index (χ1v) is 10.6. The highest BCUT2D eigenvalue weighted by molar-refractivity contribution is 6.22. The van der Waals surface area contributed by atoms with Gasteiger partial charge in [-0.25, -0.2) is 0 Å². The minimum absolute atomic E-state index is 0.0773. The number of rotatable bonds is 3. The van der Waals surface area contributed by atoms with Gasteiger partial charge in [0.05, 0.1) is 17.5 Å². The zero-order valence-corrected chi connectivity index (χ0v) is 16.6. The highest BCUT2D eigenvalue weighted by Gasteiger charge is 2.67. The summed E-state index contributed by atoms with van der Waals surface area (Å²) in [4.78, 5) is 40.3. The maximum atomic E-state index is 13.2. The number of amides is 3. The van der Waals surface area contributed by atoms with Crippen LogP contribution >= 0.6 is 0 Å². The van der Waals surface area contributed by atoms with Crippen LogP contribution in [0.1, 0.15) is 22.3 Å². The van der Waals surface area contributed by atoms with Crippen molar-refractivity contribution in [2.24, 2.45) is 35.5 Å². The molecule has 0 unspecified atom stereocenters. The molecule has 1 saturated heterocycles. The topological polar surface area (TPSA) is 66.5 Å². The second-order valence-corrected chi connectivity index (χ2v) is 9.03. The summed E-state index contributed by atoms with van der Waals surface area (Å²) < 4.78 is 0. The Labute approximate surface area is 174 Å². The van der Waals surface area contributed by atoms with E-state index < -0.39 is 0 Å². The minimum Gasteiger partial charge on any atom is -0.322 e. The van der Waals surface area contributed by atoms with Crippen LogP contribution in [0.5, 0.6) is 0 Å². The van der Waals surface area contributed by atoms with E-state index in [2.05, 4.69) is 17.5 Å². The summed E-state index contributed by atoms with van der Waals surface area (Å²) in [5.74, 6) is 0.814. The van der Waals surface area contributed by atoms with Gasteiger partial charge in [0.1, 0.15) is 0 Å². The van der Waals surface area contributed by atoms with E-state index in [1.54, 1.807) is 24.3 Å². The molecule has 3 amide bonds. The fourth-order valence-corrected chi connectivity index (χ4v) is 5.81. The first-order chi connectivity index (χ1) is 14.5. The normalized spacial score (nSPS) is 32.8. The quantitative estimate of drug-likeness (QED) is 0.632. The molecule has 1 N–H and O–H groups in total. The van der Waals surface area contributed by atoms with Crippen molar-refractivity contribution in [2.45, 2.75) is 13.3 Å². The third-order valence-corrected chi connectivity index (χ3v) is 7.36. The van der Waals surface area contributed by atoms with Crippen LogP contribution in [0.3, 0.4) is 0 Å². The first-order valence-electron chi connectivity index (χ1n) is 10.6. The number of nitrogens with zero attached hydrogens (tertiary/aromatic N) is 1. The Morgan fingerprint density at radius 1 is 0.867 bits per heavy atom. The van der Waals surface area contributed by atoms with Gasteiger partial charge in [0, 0.05) is 11.3 Å². The minimum atomic E-state index is -0.222. The lowest BCUT2D eigenvalue weighted by Gasteiger charge is -2.37. The highest BCUT2D eigenvalue weighted by atomic mass is 16.2. The van der Waals surface area contributed by atoms with E-state index in [0.717, 1.165) is 17.7 Å². The predicted octanol–water partition coefficient (Wildman–Crippen LogP) is 3.80. The molecule has 3 fully saturated rings. The Bertz CT molecular complexity index is 1070. The van der Waals surface area contributed by atoms with Crippen LogP contribution in [0.15, 0.2) is 60.7 Å². The van der Waals surface area contributed by atoms with Crippen LogP contribution in [0.2, 0.25) is 0 Å². The first kappa shape index (κ1) is 17.6. The maximum absolute atomic E-state index is 13.2. The number of aryl methyl sites for hydroxylation is 1. The Hall–Kier alpha value is -3.21. The summed E-state index contributed by atoms with van der Waals surface area (Å²) in [6.45, 7) is 1.99. The van der Waals surface area contributed by atoms with Gasteiger partial charge in [0.25, 0.3) is 5.91 Å². The molecule has 150 valence electrons. The Morgan fingerprint density at radius 2 is 1.43 bits per heavy atom. The molecule has 4 aliphatic carbocycles. The lowest BCUT2D eigenvalue weighted by atomic mass is 9.63. The Kier molecular flexibility index (Phi) is 3.61.